The second kappa shape index (κ2) is 10.6. The zero-order valence-electron chi connectivity index (χ0n) is 21.5. The van der Waals surface area contributed by atoms with Crippen molar-refractivity contribution in [2.75, 3.05) is 24.7 Å². The summed E-state index contributed by atoms with van der Waals surface area (Å²) in [5.41, 5.74) is 2.25. The molecule has 1 aromatic carbocycles. The number of nitrogens with zero attached hydrogens (tertiary/aromatic N) is 3. The number of rotatable bonds is 7. The summed E-state index contributed by atoms with van der Waals surface area (Å²) in [5.74, 6) is -2.02. The van der Waals surface area contributed by atoms with Crippen molar-refractivity contribution in [3.05, 3.63) is 47.4 Å². The number of carbonyl (C=O) groups is 1. The van der Waals surface area contributed by atoms with Gasteiger partial charge in [0.15, 0.2) is 11.9 Å². The standard InChI is InChI=1S/C25H32FN3O6S/c1-15(2)21-19(13-12-18-14-20(23(30)33-6)35-25(3,4)34-18)22(16-8-10-17(26)11-9-16)28-24(27-21)29(5)36(7,31)32/h8-13,15,18,20H,14H2,1-7H3/b13-12+/t18-,20-/m1/s1. The number of hydrogen-bond donors (Lipinski definition) is 0. The van der Waals surface area contributed by atoms with Crippen molar-refractivity contribution in [2.45, 2.75) is 58.0 Å². The van der Waals surface area contributed by atoms with E-state index in [-0.39, 0.29) is 18.3 Å². The van der Waals surface area contributed by atoms with Crippen LogP contribution in [0, 0.1) is 5.82 Å². The second-order valence-corrected chi connectivity index (χ2v) is 11.4. The lowest BCUT2D eigenvalue weighted by molar-refractivity contribution is -0.288. The molecule has 1 saturated heterocycles. The van der Waals surface area contributed by atoms with Gasteiger partial charge in [-0.25, -0.2) is 31.9 Å². The van der Waals surface area contributed by atoms with Crippen LogP contribution in [-0.2, 0) is 29.0 Å². The Kier molecular flexibility index (Phi) is 8.17. The predicted molar refractivity (Wildman–Crippen MR) is 134 cm³/mol. The smallest absolute Gasteiger partial charge is 0.335 e. The summed E-state index contributed by atoms with van der Waals surface area (Å²) >= 11 is 0. The lowest BCUT2D eigenvalue weighted by Crippen LogP contribution is -2.47. The number of anilines is 1. The molecule has 0 amide bonds. The van der Waals surface area contributed by atoms with Crippen LogP contribution in [0.3, 0.4) is 0 Å². The number of esters is 1. The fraction of sp³-hybridized carbons (Fsp3) is 0.480. The average molecular weight is 522 g/mol. The molecule has 0 spiro atoms. The summed E-state index contributed by atoms with van der Waals surface area (Å²) in [6, 6.07) is 5.77. The minimum atomic E-state index is -3.62. The van der Waals surface area contributed by atoms with Crippen molar-refractivity contribution in [1.82, 2.24) is 9.97 Å². The van der Waals surface area contributed by atoms with Gasteiger partial charge in [0.05, 0.1) is 30.9 Å². The Morgan fingerprint density at radius 3 is 2.42 bits per heavy atom. The Balaban J connectivity index is 2.15. The predicted octanol–water partition coefficient (Wildman–Crippen LogP) is 3.90. The Morgan fingerprint density at radius 1 is 1.22 bits per heavy atom. The Bertz CT molecular complexity index is 1250. The number of hydrogen-bond acceptors (Lipinski definition) is 8. The molecule has 0 N–H and O–H groups in total. The minimum absolute atomic E-state index is 0.00637. The van der Waals surface area contributed by atoms with E-state index in [1.807, 2.05) is 13.8 Å². The van der Waals surface area contributed by atoms with Crippen LogP contribution in [0.5, 0.6) is 0 Å². The zero-order chi connectivity index (χ0) is 26.8. The van der Waals surface area contributed by atoms with Crippen molar-refractivity contribution in [1.29, 1.82) is 0 Å². The highest BCUT2D eigenvalue weighted by Crippen LogP contribution is 2.33. The van der Waals surface area contributed by atoms with E-state index in [1.54, 1.807) is 38.1 Å². The largest absolute Gasteiger partial charge is 0.467 e. The van der Waals surface area contributed by atoms with Gasteiger partial charge in [0.1, 0.15) is 5.82 Å². The monoisotopic (exact) mass is 521 g/mol. The first-order valence-electron chi connectivity index (χ1n) is 11.4. The Hall–Kier alpha value is -2.89. The fourth-order valence-corrected chi connectivity index (χ4v) is 4.21. The lowest BCUT2D eigenvalue weighted by Gasteiger charge is -2.38. The van der Waals surface area contributed by atoms with Crippen molar-refractivity contribution >= 4 is 28.0 Å². The molecule has 1 aliphatic rings. The van der Waals surface area contributed by atoms with Crippen LogP contribution in [0.25, 0.3) is 17.3 Å². The molecule has 1 aromatic heterocycles. The third-order valence-electron chi connectivity index (χ3n) is 5.66. The van der Waals surface area contributed by atoms with Gasteiger partial charge in [-0.3, -0.25) is 0 Å². The molecule has 196 valence electrons. The van der Waals surface area contributed by atoms with E-state index in [0.29, 0.717) is 22.5 Å². The first kappa shape index (κ1) is 27.7. The molecule has 11 heteroatoms. The van der Waals surface area contributed by atoms with Crippen LogP contribution in [0.15, 0.2) is 30.3 Å². The Morgan fingerprint density at radius 2 is 1.86 bits per heavy atom. The number of aromatic nitrogens is 2. The highest BCUT2D eigenvalue weighted by Gasteiger charge is 2.38. The lowest BCUT2D eigenvalue weighted by atomic mass is 9.97. The van der Waals surface area contributed by atoms with Gasteiger partial charge in [0.25, 0.3) is 0 Å². The summed E-state index contributed by atoms with van der Waals surface area (Å²) in [4.78, 5) is 21.3. The van der Waals surface area contributed by atoms with Gasteiger partial charge in [-0.15, -0.1) is 0 Å². The molecule has 3 rings (SSSR count). The molecule has 1 aliphatic heterocycles. The summed E-state index contributed by atoms with van der Waals surface area (Å²) in [7, 11) is -0.944. The van der Waals surface area contributed by atoms with Crippen LogP contribution < -0.4 is 4.31 Å². The molecule has 0 aliphatic carbocycles. The average Bonchev–Trinajstić information content (AvgIpc) is 2.80. The maximum Gasteiger partial charge on any atom is 0.335 e. The fourth-order valence-electron chi connectivity index (χ4n) is 3.84. The highest BCUT2D eigenvalue weighted by atomic mass is 32.2. The molecule has 2 heterocycles. The van der Waals surface area contributed by atoms with Gasteiger partial charge in [-0.1, -0.05) is 26.0 Å². The number of ether oxygens (including phenoxy) is 3. The van der Waals surface area contributed by atoms with E-state index >= 15 is 0 Å². The molecule has 0 radical (unpaired) electrons. The van der Waals surface area contributed by atoms with Gasteiger partial charge in [-0.05, 0) is 44.0 Å². The SMILES string of the molecule is COC(=O)[C@H]1C[C@@H](/C=C/c2c(-c3ccc(F)cc3)nc(N(C)S(C)(=O)=O)nc2C(C)C)OC(C)(C)O1. The van der Waals surface area contributed by atoms with Crippen LogP contribution in [0.4, 0.5) is 10.3 Å². The van der Waals surface area contributed by atoms with E-state index in [4.69, 9.17) is 14.2 Å². The van der Waals surface area contributed by atoms with Crippen molar-refractivity contribution in [3.8, 4) is 11.3 Å². The third kappa shape index (κ3) is 6.45. The van der Waals surface area contributed by atoms with Crippen molar-refractivity contribution in [2.24, 2.45) is 0 Å². The molecule has 0 bridgehead atoms. The number of sulfonamides is 1. The molecular formula is C25H32FN3O6S. The summed E-state index contributed by atoms with van der Waals surface area (Å²) in [6.45, 7) is 7.29. The second-order valence-electron chi connectivity index (χ2n) is 9.34. The van der Waals surface area contributed by atoms with E-state index in [0.717, 1.165) is 10.6 Å². The number of benzene rings is 1. The molecule has 0 saturated carbocycles. The van der Waals surface area contributed by atoms with E-state index in [9.17, 15) is 17.6 Å². The molecule has 2 atom stereocenters. The van der Waals surface area contributed by atoms with Gasteiger partial charge < -0.3 is 14.2 Å². The number of carbonyl (C=O) groups excluding carboxylic acids is 1. The molecule has 1 fully saturated rings. The topological polar surface area (TPSA) is 108 Å². The third-order valence-corrected chi connectivity index (χ3v) is 6.81. The first-order valence-corrected chi connectivity index (χ1v) is 13.3. The highest BCUT2D eigenvalue weighted by molar-refractivity contribution is 7.92. The minimum Gasteiger partial charge on any atom is -0.467 e. The maximum absolute atomic E-state index is 13.7. The van der Waals surface area contributed by atoms with Crippen molar-refractivity contribution in [3.63, 3.8) is 0 Å². The molecule has 0 unspecified atom stereocenters. The van der Waals surface area contributed by atoms with E-state index in [1.165, 1.54) is 26.3 Å². The normalized spacial score (nSPS) is 20.0. The summed E-state index contributed by atoms with van der Waals surface area (Å²) in [6.07, 6.45) is 3.61. The molecular weight excluding hydrogens is 489 g/mol. The molecule has 36 heavy (non-hydrogen) atoms. The van der Waals surface area contributed by atoms with Crippen LogP contribution in [0.1, 0.15) is 51.3 Å². The maximum atomic E-state index is 13.7. The van der Waals surface area contributed by atoms with Gasteiger partial charge >= 0.3 is 5.97 Å². The summed E-state index contributed by atoms with van der Waals surface area (Å²) in [5, 5.41) is 0. The van der Waals surface area contributed by atoms with Gasteiger partial charge in [0.2, 0.25) is 16.0 Å². The number of halogens is 1. The summed E-state index contributed by atoms with van der Waals surface area (Å²) < 4.78 is 55.6. The Labute approximate surface area is 211 Å². The quantitative estimate of drug-likeness (QED) is 0.505. The van der Waals surface area contributed by atoms with Gasteiger partial charge in [-0.2, -0.15) is 0 Å². The van der Waals surface area contributed by atoms with Gasteiger partial charge in [0, 0.05) is 24.6 Å². The van der Waals surface area contributed by atoms with E-state index in [2.05, 4.69) is 9.97 Å². The van der Waals surface area contributed by atoms with Crippen molar-refractivity contribution < 1.29 is 31.8 Å². The molecule has 9 nitrogen and oxygen atoms in total. The molecule has 2 aromatic rings. The van der Waals surface area contributed by atoms with Crippen LogP contribution >= 0.6 is 0 Å². The van der Waals surface area contributed by atoms with E-state index < -0.39 is 39.8 Å². The van der Waals surface area contributed by atoms with Crippen LogP contribution in [0.2, 0.25) is 0 Å². The zero-order valence-corrected chi connectivity index (χ0v) is 22.3. The first-order chi connectivity index (χ1) is 16.7. The number of methoxy groups -OCH3 is 1. The van der Waals surface area contributed by atoms with Crippen LogP contribution in [-0.4, -0.2) is 62.8 Å².